The predicted octanol–water partition coefficient (Wildman–Crippen LogP) is 1.12. The first-order valence-corrected chi connectivity index (χ1v) is 7.79. The van der Waals surface area contributed by atoms with E-state index >= 15 is 0 Å². The highest BCUT2D eigenvalue weighted by Gasteiger charge is 2.13. The van der Waals surface area contributed by atoms with Crippen molar-refractivity contribution < 1.29 is 8.42 Å². The molecule has 2 aromatic rings. The third kappa shape index (κ3) is 3.17. The summed E-state index contributed by atoms with van der Waals surface area (Å²) in [6, 6.07) is 7.28. The number of fused-ring (bicyclic) bond motifs is 1. The van der Waals surface area contributed by atoms with E-state index in [-0.39, 0.29) is 5.75 Å². The van der Waals surface area contributed by atoms with Crippen molar-refractivity contribution in [2.24, 2.45) is 0 Å². The average Bonchev–Trinajstić information content (AvgIpc) is 2.38. The lowest BCUT2D eigenvalue weighted by molar-refractivity contribution is 0.521. The lowest BCUT2D eigenvalue weighted by Crippen LogP contribution is -2.28. The Balaban J connectivity index is 2.15. The van der Waals surface area contributed by atoms with Crippen LogP contribution in [0.25, 0.3) is 10.9 Å². The first-order chi connectivity index (χ1) is 9.40. The Morgan fingerprint density at radius 3 is 2.75 bits per heavy atom. The van der Waals surface area contributed by atoms with Gasteiger partial charge in [0.2, 0.25) is 10.0 Å². The van der Waals surface area contributed by atoms with Crippen molar-refractivity contribution in [2.45, 2.75) is 0 Å². The van der Waals surface area contributed by atoms with E-state index in [4.69, 9.17) is 5.73 Å². The van der Waals surface area contributed by atoms with Crippen molar-refractivity contribution in [3.63, 3.8) is 0 Å². The maximum atomic E-state index is 11.7. The lowest BCUT2D eigenvalue weighted by Gasteiger charge is -2.13. The summed E-state index contributed by atoms with van der Waals surface area (Å²) in [4.78, 5) is 4.24. The Kier molecular flexibility index (Phi) is 4.10. The summed E-state index contributed by atoms with van der Waals surface area (Å²) in [5, 5.41) is 4.05. The van der Waals surface area contributed by atoms with Crippen molar-refractivity contribution >= 4 is 32.3 Å². The van der Waals surface area contributed by atoms with Crippen LogP contribution in [0.1, 0.15) is 0 Å². The van der Waals surface area contributed by atoms with Gasteiger partial charge in [-0.3, -0.25) is 4.98 Å². The first-order valence-electron chi connectivity index (χ1n) is 6.18. The van der Waals surface area contributed by atoms with Crippen LogP contribution >= 0.6 is 0 Å². The van der Waals surface area contributed by atoms with Crippen LogP contribution in [0.2, 0.25) is 0 Å². The number of benzene rings is 1. The smallest absolute Gasteiger partial charge is 0.215 e. The summed E-state index contributed by atoms with van der Waals surface area (Å²) in [6.45, 7) is 0.337. The molecule has 0 atom stereocenters. The second kappa shape index (κ2) is 5.64. The predicted molar refractivity (Wildman–Crippen MR) is 82.1 cm³/mol. The Labute approximate surface area is 118 Å². The third-order valence-corrected chi connectivity index (χ3v) is 4.83. The van der Waals surface area contributed by atoms with Gasteiger partial charge in [0, 0.05) is 43.6 Å². The number of nitrogens with one attached hydrogen (secondary N) is 1. The largest absolute Gasteiger partial charge is 0.399 e. The molecule has 6 nitrogen and oxygen atoms in total. The van der Waals surface area contributed by atoms with E-state index in [0.29, 0.717) is 12.2 Å². The fourth-order valence-electron chi connectivity index (χ4n) is 1.82. The second-order valence-electron chi connectivity index (χ2n) is 4.66. The molecule has 20 heavy (non-hydrogen) atoms. The van der Waals surface area contributed by atoms with Gasteiger partial charge in [0.25, 0.3) is 0 Å². The average molecular weight is 294 g/mol. The number of anilines is 2. The zero-order valence-electron chi connectivity index (χ0n) is 11.5. The topological polar surface area (TPSA) is 88.3 Å². The number of hydrogen-bond acceptors (Lipinski definition) is 5. The molecule has 0 aliphatic heterocycles. The minimum Gasteiger partial charge on any atom is -0.399 e. The zero-order valence-corrected chi connectivity index (χ0v) is 12.3. The lowest BCUT2D eigenvalue weighted by atomic mass is 10.1. The molecule has 0 radical (unpaired) electrons. The number of sulfonamides is 1. The normalized spacial score (nSPS) is 11.9. The molecule has 1 aromatic heterocycles. The maximum absolute atomic E-state index is 11.7. The monoisotopic (exact) mass is 294 g/mol. The van der Waals surface area contributed by atoms with Crippen LogP contribution in [-0.2, 0) is 10.0 Å². The molecule has 1 aromatic carbocycles. The van der Waals surface area contributed by atoms with Gasteiger partial charge in [-0.2, -0.15) is 0 Å². The van der Waals surface area contributed by atoms with Gasteiger partial charge in [-0.15, -0.1) is 0 Å². The summed E-state index contributed by atoms with van der Waals surface area (Å²) in [5.74, 6) is 0.0405. The highest BCUT2D eigenvalue weighted by Crippen LogP contribution is 2.23. The molecule has 7 heteroatoms. The van der Waals surface area contributed by atoms with Gasteiger partial charge >= 0.3 is 0 Å². The van der Waals surface area contributed by atoms with Gasteiger partial charge in [0.15, 0.2) is 0 Å². The molecule has 0 saturated carbocycles. The SMILES string of the molecule is CN(C)S(=O)(=O)CCNc1ccnc2cc(N)ccc12. The maximum Gasteiger partial charge on any atom is 0.215 e. The van der Waals surface area contributed by atoms with Crippen LogP contribution in [-0.4, -0.2) is 44.1 Å². The zero-order chi connectivity index (χ0) is 14.8. The molecule has 0 aliphatic rings. The molecule has 2 rings (SSSR count). The number of nitrogens with zero attached hydrogens (tertiary/aromatic N) is 2. The van der Waals surface area contributed by atoms with Crippen LogP contribution in [0.15, 0.2) is 30.5 Å². The van der Waals surface area contributed by atoms with Crippen LogP contribution in [0.3, 0.4) is 0 Å². The van der Waals surface area contributed by atoms with Gasteiger partial charge in [-0.05, 0) is 24.3 Å². The number of nitrogen functional groups attached to an aromatic ring is 1. The summed E-state index contributed by atoms with van der Waals surface area (Å²) in [7, 11) is -0.138. The first kappa shape index (κ1) is 14.5. The number of hydrogen-bond donors (Lipinski definition) is 2. The van der Waals surface area contributed by atoms with E-state index in [2.05, 4.69) is 10.3 Å². The minimum atomic E-state index is -3.19. The highest BCUT2D eigenvalue weighted by molar-refractivity contribution is 7.89. The van der Waals surface area contributed by atoms with Crippen molar-refractivity contribution in [1.29, 1.82) is 0 Å². The number of pyridine rings is 1. The van der Waals surface area contributed by atoms with Crippen LogP contribution in [0.5, 0.6) is 0 Å². The summed E-state index contributed by atoms with van der Waals surface area (Å²) in [5.41, 5.74) is 8.00. The molecule has 0 fully saturated rings. The van der Waals surface area contributed by atoms with Crippen molar-refractivity contribution in [2.75, 3.05) is 37.4 Å². The van der Waals surface area contributed by atoms with Crippen LogP contribution in [0.4, 0.5) is 11.4 Å². The molecule has 0 unspecified atom stereocenters. The summed E-state index contributed by atoms with van der Waals surface area (Å²) >= 11 is 0. The Hall–Kier alpha value is -1.86. The number of aromatic nitrogens is 1. The van der Waals surface area contributed by atoms with E-state index in [1.807, 2.05) is 12.1 Å². The highest BCUT2D eigenvalue weighted by atomic mass is 32.2. The van der Waals surface area contributed by atoms with Crippen LogP contribution in [0, 0.1) is 0 Å². The quantitative estimate of drug-likeness (QED) is 0.807. The summed E-state index contributed by atoms with van der Waals surface area (Å²) in [6.07, 6.45) is 1.67. The Morgan fingerprint density at radius 2 is 2.05 bits per heavy atom. The molecular weight excluding hydrogens is 276 g/mol. The standard InChI is InChI=1S/C13H18N4O2S/c1-17(2)20(18,19)8-7-16-12-5-6-15-13-9-10(14)3-4-11(12)13/h3-6,9H,7-8,14H2,1-2H3,(H,15,16). The van der Waals surface area contributed by atoms with E-state index in [9.17, 15) is 8.42 Å². The summed E-state index contributed by atoms with van der Waals surface area (Å²) < 4.78 is 24.6. The van der Waals surface area contributed by atoms with Crippen LogP contribution < -0.4 is 11.1 Å². The van der Waals surface area contributed by atoms with E-state index in [1.165, 1.54) is 18.4 Å². The second-order valence-corrected chi connectivity index (χ2v) is 6.96. The molecule has 3 N–H and O–H groups in total. The Bertz CT molecular complexity index is 713. The van der Waals surface area contributed by atoms with E-state index < -0.39 is 10.0 Å². The van der Waals surface area contributed by atoms with Gasteiger partial charge in [0.1, 0.15) is 0 Å². The van der Waals surface area contributed by atoms with Gasteiger partial charge in [-0.1, -0.05) is 0 Å². The van der Waals surface area contributed by atoms with Crippen molar-refractivity contribution in [3.05, 3.63) is 30.5 Å². The molecule has 108 valence electrons. The van der Waals surface area contributed by atoms with Crippen molar-refractivity contribution in [3.8, 4) is 0 Å². The molecule has 1 heterocycles. The van der Waals surface area contributed by atoms with Crippen molar-refractivity contribution in [1.82, 2.24) is 9.29 Å². The number of rotatable bonds is 5. The molecule has 0 saturated heterocycles. The van der Waals surface area contributed by atoms with Gasteiger partial charge in [-0.25, -0.2) is 12.7 Å². The number of nitrogens with two attached hydrogens (primary N) is 1. The third-order valence-electron chi connectivity index (χ3n) is 3.00. The molecule has 0 amide bonds. The van der Waals surface area contributed by atoms with Gasteiger partial charge < -0.3 is 11.1 Å². The van der Waals surface area contributed by atoms with Gasteiger partial charge in [0.05, 0.1) is 11.3 Å². The minimum absolute atomic E-state index is 0.0405. The molecular formula is C13H18N4O2S. The molecule has 0 bridgehead atoms. The van der Waals surface area contributed by atoms with E-state index in [0.717, 1.165) is 16.6 Å². The Morgan fingerprint density at radius 1 is 1.30 bits per heavy atom. The molecule has 0 spiro atoms. The molecule has 0 aliphatic carbocycles. The van der Waals surface area contributed by atoms with E-state index in [1.54, 1.807) is 18.3 Å². The fourth-order valence-corrected chi connectivity index (χ4v) is 2.54. The fraction of sp³-hybridized carbons (Fsp3) is 0.308.